The fourth-order valence-electron chi connectivity index (χ4n) is 2.54. The highest BCUT2D eigenvalue weighted by molar-refractivity contribution is 6.12. The summed E-state index contributed by atoms with van der Waals surface area (Å²) in [6, 6.07) is 15.4. The molecule has 0 heterocycles. The summed E-state index contributed by atoms with van der Waals surface area (Å²) in [5, 5.41) is 14.2. The fraction of sp³-hybridized carbons (Fsp3) is 0.0526. The number of carbonyl (C=O) groups excluding carboxylic acids is 2. The summed E-state index contributed by atoms with van der Waals surface area (Å²) in [5.41, 5.74) is 7.26. The first-order chi connectivity index (χ1) is 11.5. The van der Waals surface area contributed by atoms with Gasteiger partial charge in [-0.25, -0.2) is 0 Å². The van der Waals surface area contributed by atoms with E-state index in [-0.39, 0.29) is 22.8 Å². The summed E-state index contributed by atoms with van der Waals surface area (Å²) in [6.45, 7) is 1.47. The number of hydrogen-bond acceptors (Lipinski definition) is 4. The van der Waals surface area contributed by atoms with E-state index in [2.05, 4.69) is 5.32 Å². The van der Waals surface area contributed by atoms with Gasteiger partial charge >= 0.3 is 0 Å². The standard InChI is InChI=1S/C19H16N2O3/c1-11(22)12-7-8-15-13(9-12)10-16(18(23)17(15)20)19(24)21-14-5-3-2-4-6-14/h2-10,23H,20H2,1H3,(H,21,24). The number of fused-ring (bicyclic) bond motifs is 1. The average Bonchev–Trinajstić information content (AvgIpc) is 2.58. The number of para-hydroxylation sites is 1. The Morgan fingerprint density at radius 2 is 1.75 bits per heavy atom. The average molecular weight is 320 g/mol. The minimum atomic E-state index is -0.472. The molecular weight excluding hydrogens is 304 g/mol. The van der Waals surface area contributed by atoms with Crippen molar-refractivity contribution in [3.8, 4) is 5.75 Å². The molecule has 0 unspecified atom stereocenters. The largest absolute Gasteiger partial charge is 0.505 e. The lowest BCUT2D eigenvalue weighted by molar-refractivity contribution is 0.101. The van der Waals surface area contributed by atoms with E-state index in [1.165, 1.54) is 13.0 Å². The molecule has 5 heteroatoms. The molecule has 0 aliphatic rings. The predicted octanol–water partition coefficient (Wildman–Crippen LogP) is 3.58. The number of aromatic hydroxyl groups is 1. The van der Waals surface area contributed by atoms with Crippen LogP contribution in [-0.4, -0.2) is 16.8 Å². The minimum absolute atomic E-state index is 0.0598. The summed E-state index contributed by atoms with van der Waals surface area (Å²) in [5.74, 6) is -0.828. The van der Waals surface area contributed by atoms with Crippen LogP contribution in [0.5, 0.6) is 5.75 Å². The Hall–Kier alpha value is -3.34. The quantitative estimate of drug-likeness (QED) is 0.391. The number of amides is 1. The number of phenolic OH excluding ortho intramolecular Hbond substituents is 1. The number of nitrogen functional groups attached to an aromatic ring is 1. The van der Waals surface area contributed by atoms with Crippen molar-refractivity contribution in [3.63, 3.8) is 0 Å². The van der Waals surface area contributed by atoms with Gasteiger partial charge < -0.3 is 16.2 Å². The number of anilines is 2. The van der Waals surface area contributed by atoms with Gasteiger partial charge in [0.15, 0.2) is 11.5 Å². The van der Waals surface area contributed by atoms with Crippen LogP contribution in [0.4, 0.5) is 11.4 Å². The number of ketones is 1. The van der Waals surface area contributed by atoms with Gasteiger partial charge in [-0.2, -0.15) is 0 Å². The van der Waals surface area contributed by atoms with Crippen LogP contribution in [0.3, 0.4) is 0 Å². The van der Waals surface area contributed by atoms with E-state index in [1.54, 1.807) is 42.5 Å². The van der Waals surface area contributed by atoms with Crippen LogP contribution < -0.4 is 11.1 Å². The molecule has 5 nitrogen and oxygen atoms in total. The van der Waals surface area contributed by atoms with Gasteiger partial charge in [0.25, 0.3) is 5.91 Å². The Morgan fingerprint density at radius 3 is 2.42 bits per heavy atom. The van der Waals surface area contributed by atoms with Gasteiger partial charge in [0.1, 0.15) is 0 Å². The predicted molar refractivity (Wildman–Crippen MR) is 94.4 cm³/mol. The molecule has 0 fully saturated rings. The maximum Gasteiger partial charge on any atom is 0.259 e. The third-order valence-corrected chi connectivity index (χ3v) is 3.83. The summed E-state index contributed by atoms with van der Waals surface area (Å²) < 4.78 is 0. The van der Waals surface area contributed by atoms with Gasteiger partial charge in [-0.1, -0.05) is 30.3 Å². The third-order valence-electron chi connectivity index (χ3n) is 3.83. The smallest absolute Gasteiger partial charge is 0.259 e. The van der Waals surface area contributed by atoms with Crippen LogP contribution in [0.25, 0.3) is 10.8 Å². The van der Waals surface area contributed by atoms with Gasteiger partial charge in [0.2, 0.25) is 0 Å². The summed E-state index contributed by atoms with van der Waals surface area (Å²) in [7, 11) is 0. The Morgan fingerprint density at radius 1 is 1.04 bits per heavy atom. The number of nitrogens with two attached hydrogens (primary N) is 1. The number of benzene rings is 3. The van der Waals surface area contributed by atoms with E-state index in [1.807, 2.05) is 6.07 Å². The molecule has 0 bridgehead atoms. The fourth-order valence-corrected chi connectivity index (χ4v) is 2.54. The maximum absolute atomic E-state index is 12.5. The van der Waals surface area contributed by atoms with E-state index in [0.717, 1.165) is 0 Å². The molecule has 0 spiro atoms. The second kappa shape index (κ2) is 6.04. The van der Waals surface area contributed by atoms with Gasteiger partial charge in [-0.3, -0.25) is 9.59 Å². The van der Waals surface area contributed by atoms with E-state index in [0.29, 0.717) is 22.0 Å². The van der Waals surface area contributed by atoms with Crippen LogP contribution in [-0.2, 0) is 0 Å². The van der Waals surface area contributed by atoms with Gasteiger partial charge in [-0.15, -0.1) is 0 Å². The highest BCUT2D eigenvalue weighted by Crippen LogP contribution is 2.34. The normalized spacial score (nSPS) is 10.5. The zero-order valence-electron chi connectivity index (χ0n) is 13.0. The number of rotatable bonds is 3. The number of Topliss-reactive ketones (excluding diaryl/α,β-unsaturated/α-hetero) is 1. The Kier molecular flexibility index (Phi) is 3.92. The number of phenols is 1. The lowest BCUT2D eigenvalue weighted by Gasteiger charge is -2.12. The van der Waals surface area contributed by atoms with E-state index >= 15 is 0 Å². The minimum Gasteiger partial charge on any atom is -0.505 e. The van der Waals surface area contributed by atoms with Crippen molar-refractivity contribution >= 4 is 33.8 Å². The number of carbonyl (C=O) groups is 2. The van der Waals surface area contributed by atoms with Gasteiger partial charge in [0, 0.05) is 16.6 Å². The first kappa shape index (κ1) is 15.6. The van der Waals surface area contributed by atoms with Crippen molar-refractivity contribution in [2.24, 2.45) is 0 Å². The molecule has 3 aromatic carbocycles. The van der Waals surface area contributed by atoms with Gasteiger partial charge in [-0.05, 0) is 36.6 Å². The molecule has 3 rings (SSSR count). The second-order valence-electron chi connectivity index (χ2n) is 5.50. The third kappa shape index (κ3) is 2.79. The molecule has 0 saturated carbocycles. The number of hydrogen-bond donors (Lipinski definition) is 3. The van der Waals surface area contributed by atoms with Crippen LogP contribution >= 0.6 is 0 Å². The van der Waals surface area contributed by atoms with Crippen LogP contribution in [0.15, 0.2) is 54.6 Å². The lowest BCUT2D eigenvalue weighted by Crippen LogP contribution is -2.12. The zero-order valence-corrected chi connectivity index (χ0v) is 13.0. The topological polar surface area (TPSA) is 92.4 Å². The van der Waals surface area contributed by atoms with Crippen LogP contribution in [0.1, 0.15) is 27.6 Å². The van der Waals surface area contributed by atoms with E-state index in [9.17, 15) is 14.7 Å². The maximum atomic E-state index is 12.5. The molecule has 4 N–H and O–H groups in total. The zero-order chi connectivity index (χ0) is 17.3. The van der Waals surface area contributed by atoms with E-state index < -0.39 is 5.91 Å². The lowest BCUT2D eigenvalue weighted by atomic mass is 9.99. The van der Waals surface area contributed by atoms with Crippen LogP contribution in [0, 0.1) is 0 Å². The highest BCUT2D eigenvalue weighted by atomic mass is 16.3. The molecule has 0 aromatic heterocycles. The van der Waals surface area contributed by atoms with Crippen molar-refractivity contribution < 1.29 is 14.7 Å². The Bertz CT molecular complexity index is 950. The molecule has 120 valence electrons. The molecule has 1 amide bonds. The SMILES string of the molecule is CC(=O)c1ccc2c(N)c(O)c(C(=O)Nc3ccccc3)cc2c1. The summed E-state index contributed by atoms with van der Waals surface area (Å²) in [4.78, 5) is 24.0. The monoisotopic (exact) mass is 320 g/mol. The first-order valence-electron chi connectivity index (χ1n) is 7.40. The highest BCUT2D eigenvalue weighted by Gasteiger charge is 2.17. The summed E-state index contributed by atoms with van der Waals surface area (Å²) >= 11 is 0. The summed E-state index contributed by atoms with van der Waals surface area (Å²) in [6.07, 6.45) is 0. The molecule has 3 aromatic rings. The number of nitrogens with one attached hydrogen (secondary N) is 1. The molecule has 0 atom stereocenters. The Labute approximate surface area is 138 Å². The van der Waals surface area contributed by atoms with Crippen LogP contribution in [0.2, 0.25) is 0 Å². The molecule has 0 radical (unpaired) electrons. The molecule has 0 aliphatic heterocycles. The van der Waals surface area contributed by atoms with Crippen molar-refractivity contribution in [1.82, 2.24) is 0 Å². The first-order valence-corrected chi connectivity index (χ1v) is 7.40. The second-order valence-corrected chi connectivity index (χ2v) is 5.50. The molecule has 0 saturated heterocycles. The van der Waals surface area contributed by atoms with Crippen molar-refractivity contribution in [3.05, 3.63) is 65.7 Å². The molecular formula is C19H16N2O3. The van der Waals surface area contributed by atoms with Crippen molar-refractivity contribution in [2.75, 3.05) is 11.1 Å². The van der Waals surface area contributed by atoms with Crippen molar-refractivity contribution in [2.45, 2.75) is 6.92 Å². The van der Waals surface area contributed by atoms with E-state index in [4.69, 9.17) is 5.73 Å². The van der Waals surface area contributed by atoms with Gasteiger partial charge in [0.05, 0.1) is 11.3 Å². The Balaban J connectivity index is 2.08. The molecule has 24 heavy (non-hydrogen) atoms. The molecule has 0 aliphatic carbocycles. The van der Waals surface area contributed by atoms with Crippen molar-refractivity contribution in [1.29, 1.82) is 0 Å².